The van der Waals surface area contributed by atoms with Crippen molar-refractivity contribution in [1.29, 1.82) is 0 Å². The smallest absolute Gasteiger partial charge is 0.319 e. The van der Waals surface area contributed by atoms with Crippen molar-refractivity contribution >= 4 is 22.3 Å². The van der Waals surface area contributed by atoms with Gasteiger partial charge < -0.3 is 8.83 Å². The number of hydrogen-bond acceptors (Lipinski definition) is 3. The fourth-order valence-electron chi connectivity index (χ4n) is 2.78. The first-order chi connectivity index (χ1) is 10.1. The Morgan fingerprint density at radius 2 is 1.95 bits per heavy atom. The first-order valence-corrected chi connectivity index (χ1v) is 6.89. The van der Waals surface area contributed by atoms with Gasteiger partial charge in [-0.2, -0.15) is 0 Å². The van der Waals surface area contributed by atoms with Crippen LogP contribution >= 0.6 is 0 Å². The van der Waals surface area contributed by atoms with Crippen LogP contribution in [-0.2, 0) is 7.05 Å². The van der Waals surface area contributed by atoms with Crippen molar-refractivity contribution in [2.75, 3.05) is 0 Å². The van der Waals surface area contributed by atoms with Crippen molar-refractivity contribution in [2.24, 2.45) is 7.05 Å². The molecule has 0 atom stereocenters. The van der Waals surface area contributed by atoms with Gasteiger partial charge in [-0.05, 0) is 30.7 Å². The molecular weight excluding hydrogens is 264 g/mol. The maximum Gasteiger partial charge on any atom is 0.319 e. The first-order valence-electron chi connectivity index (χ1n) is 6.89. The third-order valence-electron chi connectivity index (χ3n) is 3.82. The lowest BCUT2D eigenvalue weighted by Crippen LogP contribution is -2.30. The molecule has 0 amide bonds. The summed E-state index contributed by atoms with van der Waals surface area (Å²) >= 11 is 0. The van der Waals surface area contributed by atoms with Crippen LogP contribution in [0, 0.1) is 13.8 Å². The van der Waals surface area contributed by atoms with Gasteiger partial charge in [0, 0.05) is 19.1 Å². The number of oxazole rings is 1. The van der Waals surface area contributed by atoms with Gasteiger partial charge in [0.2, 0.25) is 5.69 Å². The van der Waals surface area contributed by atoms with Crippen molar-refractivity contribution < 1.29 is 13.4 Å². The molecular formula is C17H15N2O2+. The third-order valence-corrected chi connectivity index (χ3v) is 3.82. The summed E-state index contributed by atoms with van der Waals surface area (Å²) in [5, 5.41) is 1.00. The number of rotatable bonds is 1. The molecule has 4 aromatic rings. The molecule has 21 heavy (non-hydrogen) atoms. The Hall–Kier alpha value is -2.62. The molecule has 104 valence electrons. The van der Waals surface area contributed by atoms with E-state index in [1.165, 1.54) is 5.56 Å². The maximum atomic E-state index is 5.79. The molecule has 0 aliphatic heterocycles. The molecule has 0 aliphatic carbocycles. The van der Waals surface area contributed by atoms with Gasteiger partial charge in [-0.3, -0.25) is 0 Å². The van der Waals surface area contributed by atoms with Gasteiger partial charge in [0.25, 0.3) is 0 Å². The summed E-state index contributed by atoms with van der Waals surface area (Å²) < 4.78 is 13.4. The zero-order valence-corrected chi connectivity index (χ0v) is 12.2. The van der Waals surface area contributed by atoms with Crippen LogP contribution in [0.3, 0.4) is 0 Å². The molecule has 0 unspecified atom stereocenters. The van der Waals surface area contributed by atoms with E-state index in [0.717, 1.165) is 27.7 Å². The molecule has 3 aromatic heterocycles. The van der Waals surface area contributed by atoms with E-state index < -0.39 is 0 Å². The molecule has 3 heterocycles. The molecule has 0 radical (unpaired) electrons. The minimum atomic E-state index is 0.497. The summed E-state index contributed by atoms with van der Waals surface area (Å²) in [6, 6.07) is 10.3. The van der Waals surface area contributed by atoms with Crippen molar-refractivity contribution in [2.45, 2.75) is 13.8 Å². The molecule has 0 aliphatic rings. The number of aryl methyl sites for hydroxylation is 3. The Morgan fingerprint density at radius 1 is 1.10 bits per heavy atom. The minimum Gasteiger partial charge on any atom is -0.424 e. The second-order valence-electron chi connectivity index (χ2n) is 5.33. The van der Waals surface area contributed by atoms with Crippen LogP contribution in [0.2, 0.25) is 0 Å². The Bertz CT molecular complexity index is 979. The topological polar surface area (TPSA) is 43.1 Å². The van der Waals surface area contributed by atoms with E-state index in [-0.39, 0.29) is 0 Å². The summed E-state index contributed by atoms with van der Waals surface area (Å²) in [6.45, 7) is 3.93. The molecule has 4 nitrogen and oxygen atoms in total. The number of hydrogen-bond donors (Lipinski definition) is 0. The predicted molar refractivity (Wildman–Crippen MR) is 79.9 cm³/mol. The van der Waals surface area contributed by atoms with Crippen LogP contribution in [0.5, 0.6) is 0 Å². The van der Waals surface area contributed by atoms with Crippen LogP contribution in [0.15, 0.2) is 45.4 Å². The van der Waals surface area contributed by atoms with E-state index in [4.69, 9.17) is 8.83 Å². The highest BCUT2D eigenvalue weighted by molar-refractivity contribution is 6.02. The number of pyridine rings is 1. The standard InChI is InChI=1S/C17H15N2O2/c1-10-8-13-15(21-17-16(13)18-11(2)20-17)9-12(10)14-6-4-5-7-19(14)3/h4-9H,1-3H3/q+1. The molecule has 0 saturated heterocycles. The zero-order chi connectivity index (χ0) is 14.6. The summed E-state index contributed by atoms with van der Waals surface area (Å²) in [4.78, 5) is 4.40. The molecule has 4 rings (SSSR count). The second-order valence-corrected chi connectivity index (χ2v) is 5.33. The van der Waals surface area contributed by atoms with Crippen LogP contribution in [0.4, 0.5) is 0 Å². The number of furan rings is 1. The summed E-state index contributed by atoms with van der Waals surface area (Å²) in [6.07, 6.45) is 2.04. The third kappa shape index (κ3) is 1.76. The monoisotopic (exact) mass is 279 g/mol. The number of aromatic nitrogens is 2. The van der Waals surface area contributed by atoms with Crippen molar-refractivity contribution in [3.8, 4) is 11.3 Å². The lowest BCUT2D eigenvalue weighted by molar-refractivity contribution is -0.660. The van der Waals surface area contributed by atoms with Crippen molar-refractivity contribution in [3.05, 3.63) is 48.0 Å². The molecule has 0 saturated carbocycles. The average Bonchev–Trinajstić information content (AvgIpc) is 2.95. The summed E-state index contributed by atoms with van der Waals surface area (Å²) in [7, 11) is 2.04. The van der Waals surface area contributed by atoms with Crippen LogP contribution in [0.1, 0.15) is 11.5 Å². The fraction of sp³-hybridized carbons (Fsp3) is 0.176. The first kappa shape index (κ1) is 12.1. The van der Waals surface area contributed by atoms with E-state index in [0.29, 0.717) is 11.7 Å². The Balaban J connectivity index is 2.03. The fourth-order valence-corrected chi connectivity index (χ4v) is 2.78. The molecule has 4 heteroatoms. The quantitative estimate of drug-likeness (QED) is 0.499. The Labute approximate surface area is 121 Å². The molecule has 0 N–H and O–H groups in total. The molecule has 0 bridgehead atoms. The van der Waals surface area contributed by atoms with Crippen LogP contribution < -0.4 is 4.57 Å². The lowest BCUT2D eigenvalue weighted by atomic mass is 10.0. The van der Waals surface area contributed by atoms with E-state index >= 15 is 0 Å². The van der Waals surface area contributed by atoms with Crippen molar-refractivity contribution in [3.63, 3.8) is 0 Å². The van der Waals surface area contributed by atoms with Gasteiger partial charge in [-0.1, -0.05) is 0 Å². The van der Waals surface area contributed by atoms with E-state index in [1.54, 1.807) is 0 Å². The number of benzene rings is 1. The lowest BCUT2D eigenvalue weighted by Gasteiger charge is -2.04. The largest absolute Gasteiger partial charge is 0.424 e. The summed E-state index contributed by atoms with van der Waals surface area (Å²) in [5.74, 6) is 1.12. The van der Waals surface area contributed by atoms with Gasteiger partial charge in [0.05, 0.1) is 10.9 Å². The highest BCUT2D eigenvalue weighted by Crippen LogP contribution is 2.33. The normalized spacial score (nSPS) is 11.6. The maximum absolute atomic E-state index is 5.79. The van der Waals surface area contributed by atoms with Crippen LogP contribution in [0.25, 0.3) is 33.5 Å². The Kier molecular flexibility index (Phi) is 2.42. The minimum absolute atomic E-state index is 0.497. The van der Waals surface area contributed by atoms with Gasteiger partial charge in [-0.25, -0.2) is 9.55 Å². The van der Waals surface area contributed by atoms with Crippen LogP contribution in [-0.4, -0.2) is 4.98 Å². The highest BCUT2D eigenvalue weighted by atomic mass is 16.5. The average molecular weight is 279 g/mol. The highest BCUT2D eigenvalue weighted by Gasteiger charge is 2.18. The zero-order valence-electron chi connectivity index (χ0n) is 12.2. The molecule has 0 spiro atoms. The summed E-state index contributed by atoms with van der Waals surface area (Å²) in [5.41, 5.74) is 5.09. The number of nitrogens with zero attached hydrogens (tertiary/aromatic N) is 2. The van der Waals surface area contributed by atoms with Gasteiger partial charge >= 0.3 is 5.78 Å². The Morgan fingerprint density at radius 3 is 2.76 bits per heavy atom. The second kappa shape index (κ2) is 4.19. The van der Waals surface area contributed by atoms with Gasteiger partial charge in [0.1, 0.15) is 12.6 Å². The van der Waals surface area contributed by atoms with Gasteiger partial charge in [0.15, 0.2) is 17.6 Å². The van der Waals surface area contributed by atoms with Gasteiger partial charge in [-0.15, -0.1) is 0 Å². The molecule has 0 fully saturated rings. The van der Waals surface area contributed by atoms with E-state index in [2.05, 4.69) is 34.7 Å². The predicted octanol–water partition coefficient (Wildman–Crippen LogP) is 3.68. The number of fused-ring (bicyclic) bond motifs is 3. The van der Waals surface area contributed by atoms with E-state index in [9.17, 15) is 0 Å². The SMILES string of the molecule is Cc1nc2c(o1)oc1cc(-c3cccc[n+]3C)c(C)cc12. The van der Waals surface area contributed by atoms with Crippen molar-refractivity contribution in [1.82, 2.24) is 4.98 Å². The van der Waals surface area contributed by atoms with E-state index in [1.807, 2.05) is 32.3 Å². The molecule has 1 aromatic carbocycles.